The molecule has 14 unspecified atom stereocenters. The zero-order chi connectivity index (χ0) is 37.5. The van der Waals surface area contributed by atoms with Crippen molar-refractivity contribution in [1.29, 1.82) is 0 Å². The molecule has 14 atom stereocenters. The topological polar surface area (TPSA) is 288 Å². The number of rotatable bonds is 16. The van der Waals surface area contributed by atoms with Gasteiger partial charge in [0.15, 0.2) is 0 Å². The number of azo groups is 2. The largest absolute Gasteiger partial charge is 1.00 e. The van der Waals surface area contributed by atoms with Crippen molar-refractivity contribution >= 4 is 44.3 Å². The van der Waals surface area contributed by atoms with Crippen LogP contribution < -0.4 is 134 Å². The van der Waals surface area contributed by atoms with E-state index in [4.69, 9.17) is 4.74 Å². The van der Waals surface area contributed by atoms with Gasteiger partial charge in [-0.1, -0.05) is 0 Å². The van der Waals surface area contributed by atoms with Crippen LogP contribution >= 0.6 is 24.1 Å². The maximum Gasteiger partial charge on any atom is 1.00 e. The fourth-order valence-corrected chi connectivity index (χ4v) is 12.4. The quantitative estimate of drug-likeness (QED) is 0.0363. The molecule has 0 bridgehead atoms. The van der Waals surface area contributed by atoms with E-state index in [1.807, 2.05) is 0 Å². The van der Waals surface area contributed by atoms with Gasteiger partial charge in [0.05, 0.1) is 66.8 Å². The zero-order valence-electron chi connectivity index (χ0n) is 32.7. The van der Waals surface area contributed by atoms with Crippen molar-refractivity contribution in [2.75, 3.05) is 19.4 Å². The molecule has 0 radical (unpaired) electrons. The molecule has 0 spiro atoms. The first-order valence-electron chi connectivity index (χ1n) is 17.7. The number of aliphatic hydroxyl groups excluding tert-OH is 1. The Morgan fingerprint density at radius 1 is 0.732 bits per heavy atom. The third-order valence-corrected chi connectivity index (χ3v) is 15.3. The predicted octanol–water partition coefficient (Wildman–Crippen LogP) is -11.1. The average Bonchev–Trinajstić information content (AvgIpc) is 3.11. The molecule has 0 amide bonds. The first-order chi connectivity index (χ1) is 24.8. The van der Waals surface area contributed by atoms with Gasteiger partial charge < -0.3 is 34.8 Å². The number of methoxy groups -OCH3 is 1. The van der Waals surface area contributed by atoms with Crippen LogP contribution in [0.25, 0.3) is 0 Å². The molecule has 27 heteroatoms. The van der Waals surface area contributed by atoms with Gasteiger partial charge in [0.25, 0.3) is 0 Å². The number of nitrogens with zero attached hydrogens (tertiary/aromatic N) is 4. The first kappa shape index (κ1) is 57.4. The van der Waals surface area contributed by atoms with Crippen LogP contribution in [0, 0.1) is 23.7 Å². The van der Waals surface area contributed by atoms with Gasteiger partial charge in [-0.15, -0.1) is 0 Å². The van der Waals surface area contributed by atoms with Gasteiger partial charge in [0, 0.05) is 49.0 Å². The molecular weight excluding hydrogens is 863 g/mol. The molecule has 5 saturated carbocycles. The summed E-state index contributed by atoms with van der Waals surface area (Å²) in [6.07, 6.45) is 5.58. The summed E-state index contributed by atoms with van der Waals surface area (Å²) in [6.45, 7) is 0.0340. The van der Waals surface area contributed by atoms with Crippen LogP contribution in [-0.4, -0.2) is 109 Å². The maximum absolute atomic E-state index is 12.2. The van der Waals surface area contributed by atoms with Crippen molar-refractivity contribution in [3.8, 4) is 0 Å². The van der Waals surface area contributed by atoms with Gasteiger partial charge >= 0.3 is 118 Å². The van der Waals surface area contributed by atoms with E-state index in [2.05, 4.69) is 44.5 Å². The SMILES string of the molecule is COC1CC(N=NC2CCC3CC(SOO[O-])CC(S(=O)(=O)[O-])C3C2)CCC1N=NC1C(SOO[O-])CC2CCC(NCCS(=O)(=O)[O-])CC2C1O.[Na+].[Na+].[Na+].[Na+]. The number of aliphatic hydroxyl groups is 1. The van der Waals surface area contributed by atoms with Crippen LogP contribution in [0.15, 0.2) is 20.5 Å². The van der Waals surface area contributed by atoms with E-state index in [1.54, 1.807) is 7.11 Å². The molecule has 0 heterocycles. The molecule has 2 N–H and O–H groups in total. The van der Waals surface area contributed by atoms with Gasteiger partial charge in [0.1, 0.15) is 6.04 Å². The molecule has 0 aliphatic heterocycles. The maximum atomic E-state index is 12.2. The summed E-state index contributed by atoms with van der Waals surface area (Å²) in [6, 6.07) is -1.51. The number of hydrogen-bond acceptors (Lipinski definition) is 21. The summed E-state index contributed by atoms with van der Waals surface area (Å²) in [5.74, 6) is -0.939. The van der Waals surface area contributed by atoms with E-state index in [1.165, 1.54) is 0 Å². The van der Waals surface area contributed by atoms with Gasteiger partial charge in [-0.3, -0.25) is 10.1 Å². The molecule has 0 aromatic rings. The van der Waals surface area contributed by atoms with Gasteiger partial charge in [-0.05, 0) is 101 Å². The zero-order valence-corrected chi connectivity index (χ0v) is 43.9. The van der Waals surface area contributed by atoms with Crippen molar-refractivity contribution < 1.29 is 183 Å². The summed E-state index contributed by atoms with van der Waals surface area (Å²) < 4.78 is 84.6. The molecule has 5 fully saturated rings. The number of fused-ring (bicyclic) bond motifs is 2. The third kappa shape index (κ3) is 17.1. The van der Waals surface area contributed by atoms with Crippen LogP contribution in [0.3, 0.4) is 0 Å². The molecule has 0 aromatic heterocycles. The second kappa shape index (κ2) is 27.6. The molecule has 5 aliphatic rings. The minimum atomic E-state index is -4.59. The van der Waals surface area contributed by atoms with E-state index in [0.29, 0.717) is 57.8 Å². The molecule has 19 nitrogen and oxygen atoms in total. The Kier molecular flexibility index (Phi) is 28.3. The Labute approximate surface area is 426 Å². The van der Waals surface area contributed by atoms with Gasteiger partial charge in [-0.2, -0.15) is 29.1 Å². The van der Waals surface area contributed by atoms with E-state index in [0.717, 1.165) is 36.9 Å². The first-order valence-corrected chi connectivity index (χ1v) is 22.3. The molecule has 5 rings (SSSR count). The summed E-state index contributed by atoms with van der Waals surface area (Å²) in [5, 5.41) is 59.2. The fourth-order valence-electron chi connectivity index (χ4n) is 9.15. The van der Waals surface area contributed by atoms with Crippen molar-refractivity contribution in [3.63, 3.8) is 0 Å². The van der Waals surface area contributed by atoms with Crippen molar-refractivity contribution in [2.24, 2.45) is 44.1 Å². The normalized spacial score (nSPS) is 37.6. The van der Waals surface area contributed by atoms with Gasteiger partial charge in [-0.25, -0.2) is 16.8 Å². The summed E-state index contributed by atoms with van der Waals surface area (Å²) in [4.78, 5) is 0. The number of nitrogens with one attached hydrogen (secondary N) is 1. The molecular formula is C29H47N5Na4O14S4. The summed E-state index contributed by atoms with van der Waals surface area (Å²) in [7, 11) is -7.36. The van der Waals surface area contributed by atoms with Gasteiger partial charge in [0.2, 0.25) is 0 Å². The van der Waals surface area contributed by atoms with E-state index < -0.39 is 48.6 Å². The van der Waals surface area contributed by atoms with Crippen LogP contribution in [0.2, 0.25) is 0 Å². The minimum absolute atomic E-state index is 0. The fraction of sp³-hybridized carbons (Fsp3) is 1.00. The van der Waals surface area contributed by atoms with Crippen molar-refractivity contribution in [2.45, 2.75) is 135 Å². The molecule has 5 aliphatic carbocycles. The minimum Gasteiger partial charge on any atom is -0.748 e. The van der Waals surface area contributed by atoms with Crippen molar-refractivity contribution in [1.82, 2.24) is 5.32 Å². The standard InChI is InChI=1S/C29H51N5O14S4.4Na/c1-44-25-14-20(32-31-19-5-3-16-10-21(49-47-45-36)15-27(22(16)13-19)52(41,42)43)6-7-24(25)33-34-28-26(50-48-46-37)11-17-2-4-18(12-23(17)29(28)35)30-8-9-51(38,39)40;;;;/h16-30,35-37H,2-15H2,1H3,(H,38,39,40)(H,41,42,43);;;;/q;4*+1/p-4. The van der Waals surface area contributed by atoms with E-state index in [-0.39, 0.29) is 190 Å². The predicted molar refractivity (Wildman–Crippen MR) is 178 cm³/mol. The number of ether oxygens (including phenoxy) is 1. The smallest absolute Gasteiger partial charge is 0.748 e. The number of hydrogen-bond donors (Lipinski definition) is 2. The van der Waals surface area contributed by atoms with E-state index in [9.17, 15) is 41.6 Å². The Bertz CT molecular complexity index is 1440. The Balaban J connectivity index is 0.00000392. The average molecular weight is 910 g/mol. The van der Waals surface area contributed by atoms with Crippen LogP contribution in [0.1, 0.15) is 77.0 Å². The Morgan fingerprint density at radius 2 is 1.36 bits per heavy atom. The molecule has 0 saturated heterocycles. The second-order valence-electron chi connectivity index (χ2n) is 14.7. The monoisotopic (exact) mass is 909 g/mol. The Morgan fingerprint density at radius 3 is 2.00 bits per heavy atom. The van der Waals surface area contributed by atoms with Crippen LogP contribution in [0.4, 0.5) is 0 Å². The third-order valence-electron chi connectivity index (χ3n) is 11.6. The Hall–Kier alpha value is 3.36. The summed E-state index contributed by atoms with van der Waals surface area (Å²) in [5.41, 5.74) is 0. The molecule has 56 heavy (non-hydrogen) atoms. The van der Waals surface area contributed by atoms with Crippen LogP contribution in [0.5, 0.6) is 0 Å². The second-order valence-corrected chi connectivity index (χ2v) is 19.7. The molecule has 0 aromatic carbocycles. The van der Waals surface area contributed by atoms with Crippen LogP contribution in [-0.2, 0) is 43.7 Å². The molecule has 300 valence electrons. The van der Waals surface area contributed by atoms with E-state index >= 15 is 0 Å². The summed E-state index contributed by atoms with van der Waals surface area (Å²) >= 11 is 1.57. The van der Waals surface area contributed by atoms with Crippen molar-refractivity contribution in [3.05, 3.63) is 0 Å².